The van der Waals surface area contributed by atoms with Crippen LogP contribution in [0.2, 0.25) is 0 Å². The van der Waals surface area contributed by atoms with Crippen molar-refractivity contribution in [2.45, 2.75) is 26.2 Å². The summed E-state index contributed by atoms with van der Waals surface area (Å²) in [7, 11) is 0. The first kappa shape index (κ1) is 17.3. The average Bonchev–Trinajstić information content (AvgIpc) is 2.64. The van der Waals surface area contributed by atoms with E-state index in [2.05, 4.69) is 22.2 Å². The van der Waals surface area contributed by atoms with Gasteiger partial charge in [0.15, 0.2) is 0 Å². The van der Waals surface area contributed by atoms with E-state index in [0.29, 0.717) is 24.1 Å². The second-order valence-electron chi connectivity index (χ2n) is 6.54. The maximum Gasteiger partial charge on any atom is 0.272 e. The van der Waals surface area contributed by atoms with Crippen LogP contribution in [0, 0.1) is 11.7 Å². The van der Waals surface area contributed by atoms with Crippen LogP contribution in [0.15, 0.2) is 36.5 Å². The summed E-state index contributed by atoms with van der Waals surface area (Å²) in [5.74, 6) is 0.853. The SMILES string of the molecule is CC1CCN(C(=O)c2ccnc(NCCc3ccc(F)cc3)n2)CC1. The van der Waals surface area contributed by atoms with E-state index in [4.69, 9.17) is 0 Å². The number of carbonyl (C=O) groups is 1. The van der Waals surface area contributed by atoms with Crippen LogP contribution in [0.4, 0.5) is 10.3 Å². The minimum absolute atomic E-state index is 0.0316. The number of amides is 1. The second-order valence-corrected chi connectivity index (χ2v) is 6.54. The zero-order valence-electron chi connectivity index (χ0n) is 14.4. The van der Waals surface area contributed by atoms with Gasteiger partial charge in [-0.1, -0.05) is 19.1 Å². The number of carbonyl (C=O) groups excluding carboxylic acids is 1. The van der Waals surface area contributed by atoms with Crippen molar-refractivity contribution in [2.75, 3.05) is 25.0 Å². The first-order chi connectivity index (χ1) is 12.1. The quantitative estimate of drug-likeness (QED) is 0.907. The Morgan fingerprint density at radius 2 is 1.96 bits per heavy atom. The lowest BCUT2D eigenvalue weighted by atomic mass is 9.99. The van der Waals surface area contributed by atoms with Crippen LogP contribution in [0.1, 0.15) is 35.8 Å². The Balaban J connectivity index is 1.55. The highest BCUT2D eigenvalue weighted by atomic mass is 19.1. The fourth-order valence-electron chi connectivity index (χ4n) is 2.91. The van der Waals surface area contributed by atoms with Gasteiger partial charge in [-0.3, -0.25) is 4.79 Å². The minimum atomic E-state index is -0.238. The lowest BCUT2D eigenvalue weighted by Crippen LogP contribution is -2.38. The molecule has 1 aromatic heterocycles. The van der Waals surface area contributed by atoms with E-state index in [-0.39, 0.29) is 11.7 Å². The molecule has 2 aromatic rings. The van der Waals surface area contributed by atoms with Gasteiger partial charge in [-0.05, 0) is 48.9 Å². The number of hydrogen-bond donors (Lipinski definition) is 1. The highest BCUT2D eigenvalue weighted by molar-refractivity contribution is 5.92. The molecule has 1 fully saturated rings. The number of halogens is 1. The number of anilines is 1. The van der Waals surface area contributed by atoms with Crippen molar-refractivity contribution >= 4 is 11.9 Å². The third kappa shape index (κ3) is 4.75. The van der Waals surface area contributed by atoms with Crippen LogP contribution in [0.5, 0.6) is 0 Å². The van der Waals surface area contributed by atoms with Gasteiger partial charge >= 0.3 is 0 Å². The van der Waals surface area contributed by atoms with Gasteiger partial charge in [0.1, 0.15) is 11.5 Å². The molecule has 1 aromatic carbocycles. The summed E-state index contributed by atoms with van der Waals surface area (Å²) in [6.45, 7) is 4.41. The lowest BCUT2D eigenvalue weighted by Gasteiger charge is -2.30. The minimum Gasteiger partial charge on any atom is -0.354 e. The Kier molecular flexibility index (Phi) is 5.58. The topological polar surface area (TPSA) is 58.1 Å². The molecule has 25 heavy (non-hydrogen) atoms. The van der Waals surface area contributed by atoms with E-state index in [1.807, 2.05) is 4.90 Å². The molecule has 5 nitrogen and oxygen atoms in total. The van der Waals surface area contributed by atoms with Gasteiger partial charge in [0, 0.05) is 25.8 Å². The molecule has 1 N–H and O–H groups in total. The number of piperidine rings is 1. The van der Waals surface area contributed by atoms with Gasteiger partial charge in [0.2, 0.25) is 5.95 Å². The Labute approximate surface area is 147 Å². The van der Waals surface area contributed by atoms with Crippen molar-refractivity contribution in [2.24, 2.45) is 5.92 Å². The van der Waals surface area contributed by atoms with Gasteiger partial charge in [-0.25, -0.2) is 14.4 Å². The van der Waals surface area contributed by atoms with E-state index in [0.717, 1.165) is 37.9 Å². The zero-order chi connectivity index (χ0) is 17.6. The van der Waals surface area contributed by atoms with Gasteiger partial charge in [-0.15, -0.1) is 0 Å². The molecule has 0 radical (unpaired) electrons. The van der Waals surface area contributed by atoms with Crippen LogP contribution >= 0.6 is 0 Å². The number of hydrogen-bond acceptors (Lipinski definition) is 4. The lowest BCUT2D eigenvalue weighted by molar-refractivity contribution is 0.0691. The van der Waals surface area contributed by atoms with E-state index in [1.165, 1.54) is 12.1 Å². The molecule has 3 rings (SSSR count). The standard InChI is InChI=1S/C19H23FN4O/c1-14-8-12-24(13-9-14)18(25)17-7-11-22-19(23-17)21-10-6-15-2-4-16(20)5-3-15/h2-5,7,11,14H,6,8-10,12-13H2,1H3,(H,21,22,23). The third-order valence-corrected chi connectivity index (χ3v) is 4.56. The maximum atomic E-state index is 12.9. The number of benzene rings is 1. The van der Waals surface area contributed by atoms with Crippen LogP contribution in [-0.4, -0.2) is 40.4 Å². The van der Waals surface area contributed by atoms with Gasteiger partial charge in [0.05, 0.1) is 0 Å². The average molecular weight is 342 g/mol. The van der Waals surface area contributed by atoms with Crippen LogP contribution in [-0.2, 0) is 6.42 Å². The van der Waals surface area contributed by atoms with Crippen molar-refractivity contribution < 1.29 is 9.18 Å². The van der Waals surface area contributed by atoms with E-state index >= 15 is 0 Å². The fourth-order valence-corrected chi connectivity index (χ4v) is 2.91. The maximum absolute atomic E-state index is 12.9. The highest BCUT2D eigenvalue weighted by Crippen LogP contribution is 2.17. The summed E-state index contributed by atoms with van der Waals surface area (Å²) in [6.07, 6.45) is 4.41. The first-order valence-electron chi connectivity index (χ1n) is 8.72. The highest BCUT2D eigenvalue weighted by Gasteiger charge is 2.22. The number of nitrogens with zero attached hydrogens (tertiary/aromatic N) is 3. The molecule has 1 aliphatic heterocycles. The van der Waals surface area contributed by atoms with Crippen LogP contribution in [0.3, 0.4) is 0 Å². The molecule has 2 heterocycles. The largest absolute Gasteiger partial charge is 0.354 e. The molecule has 0 unspecified atom stereocenters. The fraction of sp³-hybridized carbons (Fsp3) is 0.421. The molecule has 1 saturated heterocycles. The number of likely N-dealkylation sites (tertiary alicyclic amines) is 1. The molecule has 0 spiro atoms. The molecule has 0 saturated carbocycles. The zero-order valence-corrected chi connectivity index (χ0v) is 14.4. The van der Waals surface area contributed by atoms with Gasteiger partial charge < -0.3 is 10.2 Å². The molecular formula is C19H23FN4O. The predicted molar refractivity (Wildman–Crippen MR) is 94.9 cm³/mol. The van der Waals surface area contributed by atoms with E-state index in [9.17, 15) is 9.18 Å². The number of rotatable bonds is 5. The van der Waals surface area contributed by atoms with Crippen molar-refractivity contribution in [3.8, 4) is 0 Å². The summed E-state index contributed by atoms with van der Waals surface area (Å²) in [5, 5.41) is 3.13. The third-order valence-electron chi connectivity index (χ3n) is 4.56. The first-order valence-corrected chi connectivity index (χ1v) is 8.72. The molecule has 1 amide bonds. The van der Waals surface area contributed by atoms with E-state index < -0.39 is 0 Å². The molecule has 1 aliphatic rings. The summed E-state index contributed by atoms with van der Waals surface area (Å²) < 4.78 is 12.9. The van der Waals surface area contributed by atoms with Crippen LogP contribution < -0.4 is 5.32 Å². The van der Waals surface area contributed by atoms with Crippen molar-refractivity contribution in [3.05, 3.63) is 53.6 Å². The molecule has 0 atom stereocenters. The second kappa shape index (κ2) is 8.05. The summed E-state index contributed by atoms with van der Waals surface area (Å²) in [5.41, 5.74) is 1.46. The Morgan fingerprint density at radius 3 is 2.68 bits per heavy atom. The molecule has 6 heteroatoms. The van der Waals surface area contributed by atoms with E-state index in [1.54, 1.807) is 24.4 Å². The Morgan fingerprint density at radius 1 is 1.24 bits per heavy atom. The molecule has 132 valence electrons. The summed E-state index contributed by atoms with van der Waals surface area (Å²) in [4.78, 5) is 22.9. The summed E-state index contributed by atoms with van der Waals surface area (Å²) in [6, 6.07) is 8.07. The number of aromatic nitrogens is 2. The summed E-state index contributed by atoms with van der Waals surface area (Å²) >= 11 is 0. The molecule has 0 bridgehead atoms. The van der Waals surface area contributed by atoms with Gasteiger partial charge in [-0.2, -0.15) is 0 Å². The Bertz CT molecular complexity index is 712. The monoisotopic (exact) mass is 342 g/mol. The van der Waals surface area contributed by atoms with Crippen molar-refractivity contribution in [1.82, 2.24) is 14.9 Å². The van der Waals surface area contributed by atoms with Crippen LogP contribution in [0.25, 0.3) is 0 Å². The smallest absolute Gasteiger partial charge is 0.272 e. The predicted octanol–water partition coefficient (Wildman–Crippen LogP) is 3.14. The molecular weight excluding hydrogens is 319 g/mol. The Hall–Kier alpha value is -2.50. The van der Waals surface area contributed by atoms with Gasteiger partial charge in [0.25, 0.3) is 5.91 Å². The molecule has 0 aliphatic carbocycles. The van der Waals surface area contributed by atoms with Crippen molar-refractivity contribution in [3.63, 3.8) is 0 Å². The van der Waals surface area contributed by atoms with Crippen molar-refractivity contribution in [1.29, 1.82) is 0 Å². The normalized spacial score (nSPS) is 15.2. The number of nitrogens with one attached hydrogen (secondary N) is 1.